The Morgan fingerprint density at radius 3 is 2.31 bits per heavy atom. The molecule has 0 unspecified atom stereocenters. The van der Waals surface area contributed by atoms with Crippen LogP contribution in [0.25, 0.3) is 0 Å². The SMILES string of the molecule is COc1cc(C)cc(OS(=O)(=O)C(F)(F)F)c1C(=O)C[C@@]1(C)C=C(C(C)C)CC1. The Balaban J connectivity index is 2.47. The zero-order valence-corrected chi connectivity index (χ0v) is 17.8. The number of benzene rings is 1. The van der Waals surface area contributed by atoms with E-state index < -0.39 is 32.6 Å². The Morgan fingerprint density at radius 1 is 1.24 bits per heavy atom. The summed E-state index contributed by atoms with van der Waals surface area (Å²) in [4.78, 5) is 13.1. The van der Waals surface area contributed by atoms with Gasteiger partial charge in [0.1, 0.15) is 11.3 Å². The predicted molar refractivity (Wildman–Crippen MR) is 103 cm³/mol. The molecule has 1 atom stereocenters. The third-order valence-electron chi connectivity index (χ3n) is 5.02. The largest absolute Gasteiger partial charge is 0.534 e. The van der Waals surface area contributed by atoms with Gasteiger partial charge in [0.2, 0.25) is 0 Å². The molecule has 0 amide bonds. The van der Waals surface area contributed by atoms with E-state index in [0.717, 1.165) is 18.9 Å². The maximum Gasteiger partial charge on any atom is 0.534 e. The molecule has 1 aliphatic carbocycles. The van der Waals surface area contributed by atoms with E-state index in [4.69, 9.17) is 4.74 Å². The average Bonchev–Trinajstić information content (AvgIpc) is 2.94. The molecule has 0 saturated heterocycles. The van der Waals surface area contributed by atoms with Crippen molar-refractivity contribution in [3.8, 4) is 11.5 Å². The fourth-order valence-corrected chi connectivity index (χ4v) is 3.92. The van der Waals surface area contributed by atoms with Crippen LogP contribution in [-0.4, -0.2) is 26.8 Å². The summed E-state index contributed by atoms with van der Waals surface area (Å²) < 4.78 is 70.9. The number of carbonyl (C=O) groups excluding carboxylic acids is 1. The van der Waals surface area contributed by atoms with E-state index in [0.29, 0.717) is 11.5 Å². The van der Waals surface area contributed by atoms with Gasteiger partial charge < -0.3 is 8.92 Å². The number of carbonyl (C=O) groups is 1. The summed E-state index contributed by atoms with van der Waals surface area (Å²) in [7, 11) is -4.68. The molecule has 0 heterocycles. The maximum absolute atomic E-state index is 13.1. The van der Waals surface area contributed by atoms with Crippen LogP contribution in [0.5, 0.6) is 11.5 Å². The molecule has 29 heavy (non-hydrogen) atoms. The first-order chi connectivity index (χ1) is 13.2. The van der Waals surface area contributed by atoms with Crippen LogP contribution in [0.15, 0.2) is 23.8 Å². The highest BCUT2D eigenvalue weighted by Gasteiger charge is 2.49. The third-order valence-corrected chi connectivity index (χ3v) is 5.98. The van der Waals surface area contributed by atoms with Gasteiger partial charge in [0.05, 0.1) is 7.11 Å². The first-order valence-corrected chi connectivity index (χ1v) is 10.5. The lowest BCUT2D eigenvalue weighted by Crippen LogP contribution is -2.29. The number of methoxy groups -OCH3 is 1. The number of Topliss-reactive ketones (excluding diaryl/α,β-unsaturated/α-hetero) is 1. The van der Waals surface area contributed by atoms with Gasteiger partial charge in [-0.15, -0.1) is 0 Å². The van der Waals surface area contributed by atoms with Crippen molar-refractivity contribution in [2.24, 2.45) is 11.3 Å². The van der Waals surface area contributed by atoms with Crippen LogP contribution in [0.2, 0.25) is 0 Å². The molecule has 0 N–H and O–H groups in total. The van der Waals surface area contributed by atoms with Gasteiger partial charge in [0, 0.05) is 6.42 Å². The summed E-state index contributed by atoms with van der Waals surface area (Å²) in [6.07, 6.45) is 3.57. The highest BCUT2D eigenvalue weighted by Crippen LogP contribution is 2.44. The standard InChI is InChI=1S/C20H25F3O5S/c1-12(2)14-6-7-19(4,10-14)11-15(24)18-16(27-5)8-13(3)9-17(18)28-29(25,26)20(21,22)23/h8-10,12H,6-7,11H2,1-5H3/t19-/m1/s1. The second-order valence-corrected chi connectivity index (χ2v) is 9.49. The number of allylic oxidation sites excluding steroid dienone is 2. The third kappa shape index (κ3) is 5.12. The topological polar surface area (TPSA) is 69.7 Å². The summed E-state index contributed by atoms with van der Waals surface area (Å²) in [5.41, 5.74) is -4.80. The van der Waals surface area contributed by atoms with Crippen molar-refractivity contribution in [2.45, 2.75) is 52.5 Å². The summed E-state index contributed by atoms with van der Waals surface area (Å²) in [6, 6.07) is 2.54. The molecule has 2 rings (SSSR count). The lowest BCUT2D eigenvalue weighted by Gasteiger charge is -2.22. The highest BCUT2D eigenvalue weighted by atomic mass is 32.2. The van der Waals surface area contributed by atoms with E-state index in [1.54, 1.807) is 0 Å². The minimum Gasteiger partial charge on any atom is -0.496 e. The number of alkyl halides is 3. The minimum atomic E-state index is -5.93. The van der Waals surface area contributed by atoms with Crippen molar-refractivity contribution in [2.75, 3.05) is 7.11 Å². The van der Waals surface area contributed by atoms with Gasteiger partial charge in [-0.25, -0.2) is 0 Å². The maximum atomic E-state index is 13.1. The number of aryl methyl sites for hydroxylation is 1. The van der Waals surface area contributed by atoms with Gasteiger partial charge in [-0.1, -0.05) is 32.4 Å². The highest BCUT2D eigenvalue weighted by molar-refractivity contribution is 7.88. The van der Waals surface area contributed by atoms with Crippen molar-refractivity contribution < 1.29 is 35.3 Å². The molecule has 5 nitrogen and oxygen atoms in total. The number of ether oxygens (including phenoxy) is 1. The van der Waals surface area contributed by atoms with Crippen molar-refractivity contribution in [3.05, 3.63) is 34.9 Å². The quantitative estimate of drug-likeness (QED) is 0.256. The van der Waals surface area contributed by atoms with Crippen LogP contribution < -0.4 is 8.92 Å². The van der Waals surface area contributed by atoms with Gasteiger partial charge in [-0.3, -0.25) is 4.79 Å². The Morgan fingerprint density at radius 2 is 1.83 bits per heavy atom. The normalized spacial score (nSPS) is 20.0. The van der Waals surface area contributed by atoms with E-state index in [-0.39, 0.29) is 17.7 Å². The molecule has 162 valence electrons. The van der Waals surface area contributed by atoms with Crippen LogP contribution in [0.1, 0.15) is 56.0 Å². The molecular weight excluding hydrogens is 409 g/mol. The molecule has 0 spiro atoms. The zero-order valence-electron chi connectivity index (χ0n) is 17.0. The molecule has 9 heteroatoms. The molecule has 0 fully saturated rings. The van der Waals surface area contributed by atoms with Gasteiger partial charge >= 0.3 is 15.6 Å². The minimum absolute atomic E-state index is 0.00886. The van der Waals surface area contributed by atoms with Crippen molar-refractivity contribution >= 4 is 15.9 Å². The zero-order chi connectivity index (χ0) is 22.2. The van der Waals surface area contributed by atoms with Crippen molar-refractivity contribution in [1.29, 1.82) is 0 Å². The monoisotopic (exact) mass is 434 g/mol. The number of rotatable bonds is 7. The molecular formula is C20H25F3O5S. The second kappa shape index (κ2) is 8.01. The lowest BCUT2D eigenvalue weighted by molar-refractivity contribution is -0.0500. The molecule has 0 saturated carbocycles. The summed E-state index contributed by atoms with van der Waals surface area (Å²) in [5.74, 6) is -0.925. The Labute approximate surface area is 169 Å². The average molecular weight is 434 g/mol. The van der Waals surface area contributed by atoms with E-state index >= 15 is 0 Å². The molecule has 0 aromatic heterocycles. The van der Waals surface area contributed by atoms with Crippen molar-refractivity contribution in [3.63, 3.8) is 0 Å². The molecule has 1 aliphatic rings. The smallest absolute Gasteiger partial charge is 0.496 e. The first-order valence-electron chi connectivity index (χ1n) is 9.13. The molecule has 1 aromatic carbocycles. The van der Waals surface area contributed by atoms with Crippen LogP contribution in [0.4, 0.5) is 13.2 Å². The molecule has 1 aromatic rings. The first kappa shape index (κ1) is 23.3. The Hall–Kier alpha value is -2.03. The van der Waals surface area contributed by atoms with E-state index in [1.807, 2.05) is 13.0 Å². The van der Waals surface area contributed by atoms with Crippen LogP contribution in [0.3, 0.4) is 0 Å². The summed E-state index contributed by atoms with van der Waals surface area (Å²) in [5, 5.41) is 0. The Bertz CT molecular complexity index is 932. The molecule has 0 bridgehead atoms. The summed E-state index contributed by atoms with van der Waals surface area (Å²) >= 11 is 0. The number of ketones is 1. The van der Waals surface area contributed by atoms with Gasteiger partial charge in [0.25, 0.3) is 0 Å². The van der Waals surface area contributed by atoms with E-state index in [1.165, 1.54) is 25.7 Å². The number of hydrogen-bond acceptors (Lipinski definition) is 5. The van der Waals surface area contributed by atoms with Crippen molar-refractivity contribution in [1.82, 2.24) is 0 Å². The van der Waals surface area contributed by atoms with Crippen LogP contribution in [-0.2, 0) is 10.1 Å². The predicted octanol–water partition coefficient (Wildman–Crippen LogP) is 5.19. The Kier molecular flexibility index (Phi) is 6.42. The lowest BCUT2D eigenvalue weighted by atomic mass is 9.82. The van der Waals surface area contributed by atoms with Crippen LogP contribution in [0, 0.1) is 18.3 Å². The number of hydrogen-bond donors (Lipinski definition) is 0. The van der Waals surface area contributed by atoms with Crippen LogP contribution >= 0.6 is 0 Å². The number of halogens is 3. The van der Waals surface area contributed by atoms with E-state index in [2.05, 4.69) is 18.0 Å². The van der Waals surface area contributed by atoms with E-state index in [9.17, 15) is 26.4 Å². The van der Waals surface area contributed by atoms with Gasteiger partial charge in [0.15, 0.2) is 11.5 Å². The molecule has 0 radical (unpaired) electrons. The summed E-state index contributed by atoms with van der Waals surface area (Å²) in [6.45, 7) is 7.53. The fourth-order valence-electron chi connectivity index (χ4n) is 3.46. The fraction of sp³-hybridized carbons (Fsp3) is 0.550. The second-order valence-electron chi connectivity index (χ2n) is 7.95. The van der Waals surface area contributed by atoms with Gasteiger partial charge in [-0.2, -0.15) is 21.6 Å². The van der Waals surface area contributed by atoms with Gasteiger partial charge in [-0.05, 0) is 48.8 Å². The molecule has 0 aliphatic heterocycles.